The van der Waals surface area contributed by atoms with Gasteiger partial charge < -0.3 is 14.5 Å². The molecule has 0 aliphatic carbocycles. The Balaban J connectivity index is 1.72. The lowest BCUT2D eigenvalue weighted by Crippen LogP contribution is -2.26. The first-order valence-electron chi connectivity index (χ1n) is 8.93. The van der Waals surface area contributed by atoms with Crippen molar-refractivity contribution in [3.05, 3.63) is 77.7 Å². The fraction of sp³-hybridized carbons (Fsp3) is 0.190. The maximum Gasteiger partial charge on any atom is 0.262 e. The van der Waals surface area contributed by atoms with Crippen molar-refractivity contribution in [1.29, 1.82) is 0 Å². The molecule has 2 aromatic carbocycles. The van der Waals surface area contributed by atoms with Crippen LogP contribution in [-0.2, 0) is 10.0 Å². The molecule has 3 aromatic rings. The number of carbonyl (C=O) groups is 1. The predicted molar refractivity (Wildman–Crippen MR) is 110 cm³/mol. The van der Waals surface area contributed by atoms with Crippen LogP contribution in [0.25, 0.3) is 0 Å². The van der Waals surface area contributed by atoms with Gasteiger partial charge >= 0.3 is 0 Å². The third-order valence-electron chi connectivity index (χ3n) is 4.31. The Labute approximate surface area is 169 Å². The van der Waals surface area contributed by atoms with E-state index in [9.17, 15) is 13.2 Å². The van der Waals surface area contributed by atoms with Gasteiger partial charge in [0.2, 0.25) is 0 Å². The topological polar surface area (TPSA) is 97.6 Å². The summed E-state index contributed by atoms with van der Waals surface area (Å²) in [5, 5.41) is 2.82. The highest BCUT2D eigenvalue weighted by atomic mass is 32.2. The molecule has 0 aliphatic rings. The molecule has 0 spiro atoms. The van der Waals surface area contributed by atoms with Crippen molar-refractivity contribution in [3.63, 3.8) is 0 Å². The van der Waals surface area contributed by atoms with Crippen LogP contribution < -0.4 is 14.8 Å². The zero-order valence-corrected chi connectivity index (χ0v) is 17.1. The van der Waals surface area contributed by atoms with Crippen LogP contribution in [0.5, 0.6) is 5.75 Å². The number of nitrogens with one attached hydrogen (secondary N) is 2. The van der Waals surface area contributed by atoms with Crippen molar-refractivity contribution in [2.45, 2.75) is 24.8 Å². The maximum atomic E-state index is 12.6. The first-order chi connectivity index (χ1) is 13.8. The van der Waals surface area contributed by atoms with Gasteiger partial charge in [-0.2, -0.15) is 0 Å². The number of methoxy groups -OCH3 is 1. The number of hydrogen-bond donors (Lipinski definition) is 2. The number of rotatable bonds is 7. The van der Waals surface area contributed by atoms with Gasteiger partial charge in [0.1, 0.15) is 17.3 Å². The van der Waals surface area contributed by atoms with Crippen LogP contribution in [0.15, 0.2) is 70.0 Å². The van der Waals surface area contributed by atoms with Gasteiger partial charge in [-0.05, 0) is 62.4 Å². The van der Waals surface area contributed by atoms with Crippen molar-refractivity contribution in [2.75, 3.05) is 11.8 Å². The average molecular weight is 414 g/mol. The van der Waals surface area contributed by atoms with E-state index in [-0.39, 0.29) is 16.8 Å². The molecule has 0 aliphatic heterocycles. The Morgan fingerprint density at radius 1 is 1.03 bits per heavy atom. The first kappa shape index (κ1) is 20.5. The second-order valence-electron chi connectivity index (χ2n) is 6.47. The molecule has 29 heavy (non-hydrogen) atoms. The van der Waals surface area contributed by atoms with Crippen molar-refractivity contribution >= 4 is 21.6 Å². The highest BCUT2D eigenvalue weighted by molar-refractivity contribution is 7.92. The number of aryl methyl sites for hydroxylation is 1. The molecule has 8 heteroatoms. The predicted octanol–water partition coefficient (Wildman–Crippen LogP) is 3.89. The fourth-order valence-electron chi connectivity index (χ4n) is 2.76. The van der Waals surface area contributed by atoms with Crippen molar-refractivity contribution in [2.24, 2.45) is 0 Å². The summed E-state index contributed by atoms with van der Waals surface area (Å²) in [6, 6.07) is 15.7. The summed E-state index contributed by atoms with van der Waals surface area (Å²) in [5.74, 6) is 1.50. The van der Waals surface area contributed by atoms with Crippen molar-refractivity contribution < 1.29 is 22.4 Å². The quantitative estimate of drug-likeness (QED) is 0.611. The largest absolute Gasteiger partial charge is 0.495 e. The molecule has 0 saturated heterocycles. The molecule has 0 radical (unpaired) electrons. The van der Waals surface area contributed by atoms with Gasteiger partial charge in [0, 0.05) is 5.56 Å². The Morgan fingerprint density at radius 2 is 1.72 bits per heavy atom. The molecule has 1 heterocycles. The van der Waals surface area contributed by atoms with Gasteiger partial charge in [-0.25, -0.2) is 8.42 Å². The molecule has 1 aromatic heterocycles. The van der Waals surface area contributed by atoms with Crippen LogP contribution in [0.4, 0.5) is 5.69 Å². The van der Waals surface area contributed by atoms with E-state index in [1.54, 1.807) is 30.3 Å². The van der Waals surface area contributed by atoms with Gasteiger partial charge in [0.15, 0.2) is 0 Å². The number of para-hydroxylation sites is 2. The molecule has 0 bridgehead atoms. The number of furan rings is 1. The minimum Gasteiger partial charge on any atom is -0.495 e. The van der Waals surface area contributed by atoms with Gasteiger partial charge in [0.05, 0.1) is 23.7 Å². The van der Waals surface area contributed by atoms with Crippen LogP contribution >= 0.6 is 0 Å². The number of sulfonamides is 1. The van der Waals surface area contributed by atoms with Crippen LogP contribution in [0.1, 0.15) is 34.8 Å². The molecule has 3 rings (SSSR count). The molecule has 0 saturated carbocycles. The van der Waals surface area contributed by atoms with Crippen molar-refractivity contribution in [3.8, 4) is 5.75 Å². The summed E-state index contributed by atoms with van der Waals surface area (Å²) < 4.78 is 38.4. The van der Waals surface area contributed by atoms with E-state index in [1.165, 1.54) is 31.4 Å². The summed E-state index contributed by atoms with van der Waals surface area (Å²) >= 11 is 0. The molecular formula is C21H22N2O5S. The van der Waals surface area contributed by atoms with Crippen molar-refractivity contribution in [1.82, 2.24) is 5.32 Å². The zero-order chi connectivity index (χ0) is 21.0. The second kappa shape index (κ2) is 8.40. The van der Waals surface area contributed by atoms with E-state index in [1.807, 2.05) is 19.9 Å². The Kier molecular flexibility index (Phi) is 5.93. The lowest BCUT2D eigenvalue weighted by atomic mass is 10.2. The Hall–Kier alpha value is -3.26. The third-order valence-corrected chi connectivity index (χ3v) is 5.70. The normalized spacial score (nSPS) is 12.2. The second-order valence-corrected chi connectivity index (χ2v) is 8.16. The monoisotopic (exact) mass is 414 g/mol. The standard InChI is InChI=1S/C21H22N2O5S/c1-14-8-13-19(28-14)15(2)22-21(24)16-9-11-17(12-10-16)29(25,26)23-18-6-4-5-7-20(18)27-3/h4-13,15,23H,1-3H3,(H,22,24). The van der Waals surface area contributed by atoms with E-state index in [0.29, 0.717) is 22.8 Å². The highest BCUT2D eigenvalue weighted by Gasteiger charge is 2.18. The SMILES string of the molecule is COc1ccccc1NS(=O)(=O)c1ccc(C(=O)NC(C)c2ccc(C)o2)cc1. The van der Waals surface area contributed by atoms with E-state index in [0.717, 1.165) is 5.76 Å². The first-order valence-corrected chi connectivity index (χ1v) is 10.4. The summed E-state index contributed by atoms with van der Waals surface area (Å²) in [4.78, 5) is 12.5. The lowest BCUT2D eigenvalue weighted by molar-refractivity contribution is 0.0935. The smallest absolute Gasteiger partial charge is 0.262 e. The van der Waals surface area contributed by atoms with Crippen LogP contribution in [0.3, 0.4) is 0 Å². The van der Waals surface area contributed by atoms with Crippen LogP contribution in [0.2, 0.25) is 0 Å². The van der Waals surface area contributed by atoms with Gasteiger partial charge in [-0.1, -0.05) is 12.1 Å². The summed E-state index contributed by atoms with van der Waals surface area (Å²) in [7, 11) is -2.36. The van der Waals surface area contributed by atoms with Gasteiger partial charge in [0.25, 0.3) is 15.9 Å². The lowest BCUT2D eigenvalue weighted by Gasteiger charge is -2.13. The molecule has 1 atom stereocenters. The van der Waals surface area contributed by atoms with E-state index < -0.39 is 10.0 Å². The van der Waals surface area contributed by atoms with Crippen LogP contribution in [-0.4, -0.2) is 21.4 Å². The third kappa shape index (κ3) is 4.78. The van der Waals surface area contributed by atoms with Gasteiger partial charge in [-0.3, -0.25) is 9.52 Å². The number of carbonyl (C=O) groups excluding carboxylic acids is 1. The number of hydrogen-bond acceptors (Lipinski definition) is 5. The van der Waals surface area contributed by atoms with Gasteiger partial charge in [-0.15, -0.1) is 0 Å². The highest BCUT2D eigenvalue weighted by Crippen LogP contribution is 2.26. The van der Waals surface area contributed by atoms with E-state index >= 15 is 0 Å². The molecule has 152 valence electrons. The van der Waals surface area contributed by atoms with E-state index in [2.05, 4.69) is 10.0 Å². The number of amides is 1. The fourth-order valence-corrected chi connectivity index (χ4v) is 3.83. The van der Waals surface area contributed by atoms with E-state index in [4.69, 9.17) is 9.15 Å². The zero-order valence-electron chi connectivity index (χ0n) is 16.3. The summed E-state index contributed by atoms with van der Waals surface area (Å²) in [6.45, 7) is 3.64. The molecule has 2 N–H and O–H groups in total. The Morgan fingerprint density at radius 3 is 2.34 bits per heavy atom. The molecular weight excluding hydrogens is 392 g/mol. The minimum absolute atomic E-state index is 0.0367. The summed E-state index contributed by atoms with van der Waals surface area (Å²) in [6.07, 6.45) is 0. The average Bonchev–Trinajstić information content (AvgIpc) is 3.14. The van der Waals surface area contributed by atoms with Crippen LogP contribution in [0, 0.1) is 6.92 Å². The number of benzene rings is 2. The molecule has 1 unspecified atom stereocenters. The maximum absolute atomic E-state index is 12.6. The minimum atomic E-state index is -3.83. The molecule has 1 amide bonds. The Bertz CT molecular complexity index is 1100. The number of anilines is 1. The molecule has 7 nitrogen and oxygen atoms in total. The number of ether oxygens (including phenoxy) is 1. The summed E-state index contributed by atoms with van der Waals surface area (Å²) in [5.41, 5.74) is 0.677. The molecule has 0 fully saturated rings.